The quantitative estimate of drug-likeness (QED) is 0.839. The molecule has 0 radical (unpaired) electrons. The Bertz CT molecular complexity index is 373. The lowest BCUT2D eigenvalue weighted by atomic mass is 10.2. The summed E-state index contributed by atoms with van der Waals surface area (Å²) in [6, 6.07) is 3.81. The third-order valence-electron chi connectivity index (χ3n) is 2.38. The topological polar surface area (TPSA) is 46.5 Å². The molecule has 16 heavy (non-hydrogen) atoms. The number of hydrogen-bond acceptors (Lipinski definition) is 2. The molecule has 1 aromatic rings. The molecule has 0 saturated carbocycles. The number of ether oxygens (including phenoxy) is 1. The van der Waals surface area contributed by atoms with Gasteiger partial charge in [-0.25, -0.2) is 9.18 Å². The summed E-state index contributed by atoms with van der Waals surface area (Å²) in [7, 11) is 0. The van der Waals surface area contributed by atoms with Crippen molar-refractivity contribution in [2.24, 2.45) is 0 Å². The van der Waals surface area contributed by atoms with Crippen LogP contribution in [0.3, 0.4) is 0 Å². The lowest BCUT2D eigenvalue weighted by Crippen LogP contribution is -2.14. The summed E-state index contributed by atoms with van der Waals surface area (Å²) in [5.41, 5.74) is -0.336. The summed E-state index contributed by atoms with van der Waals surface area (Å²) < 4.78 is 18.8. The van der Waals surface area contributed by atoms with Crippen molar-refractivity contribution < 1.29 is 19.0 Å². The fraction of sp³-hybridized carbons (Fsp3) is 0.417. The summed E-state index contributed by atoms with van der Waals surface area (Å²) in [6.45, 7) is 3.96. The molecule has 3 nitrogen and oxygen atoms in total. The highest BCUT2D eigenvalue weighted by molar-refractivity contribution is 5.88. The Morgan fingerprint density at radius 1 is 1.44 bits per heavy atom. The maximum Gasteiger partial charge on any atom is 0.338 e. The summed E-state index contributed by atoms with van der Waals surface area (Å²) in [4.78, 5) is 10.6. The zero-order chi connectivity index (χ0) is 12.1. The molecule has 0 aliphatic carbocycles. The summed E-state index contributed by atoms with van der Waals surface area (Å²) in [5, 5.41) is 8.65. The Morgan fingerprint density at radius 3 is 2.50 bits per heavy atom. The second-order valence-electron chi connectivity index (χ2n) is 3.50. The van der Waals surface area contributed by atoms with Crippen LogP contribution in [0.5, 0.6) is 5.75 Å². The largest absolute Gasteiger partial charge is 0.490 e. The second-order valence-corrected chi connectivity index (χ2v) is 3.50. The van der Waals surface area contributed by atoms with E-state index in [2.05, 4.69) is 0 Å². The van der Waals surface area contributed by atoms with Crippen LogP contribution in [-0.2, 0) is 0 Å². The zero-order valence-corrected chi connectivity index (χ0v) is 9.37. The van der Waals surface area contributed by atoms with E-state index in [-0.39, 0.29) is 11.7 Å². The number of halogens is 1. The Labute approximate surface area is 93.9 Å². The fourth-order valence-electron chi connectivity index (χ4n) is 1.39. The van der Waals surface area contributed by atoms with Crippen molar-refractivity contribution >= 4 is 5.97 Å². The fourth-order valence-corrected chi connectivity index (χ4v) is 1.39. The summed E-state index contributed by atoms with van der Waals surface area (Å²) in [5.74, 6) is -1.67. The first-order valence-electron chi connectivity index (χ1n) is 5.28. The molecule has 0 aliphatic heterocycles. The first-order chi connectivity index (χ1) is 7.58. The van der Waals surface area contributed by atoms with Gasteiger partial charge in [-0.05, 0) is 25.0 Å². The van der Waals surface area contributed by atoms with Crippen molar-refractivity contribution in [3.63, 3.8) is 0 Å². The number of benzene rings is 1. The Morgan fingerprint density at radius 2 is 2.06 bits per heavy atom. The molecular formula is C12H15FO3. The lowest BCUT2D eigenvalue weighted by molar-refractivity contribution is 0.0691. The van der Waals surface area contributed by atoms with Crippen molar-refractivity contribution in [1.29, 1.82) is 0 Å². The standard InChI is InChI=1S/C12H15FO3/c1-3-8(4-2)16-9-5-6-10(12(14)15)11(13)7-9/h5-8H,3-4H2,1-2H3,(H,14,15). The second kappa shape index (κ2) is 5.49. The van der Waals surface area contributed by atoms with E-state index in [1.165, 1.54) is 12.1 Å². The van der Waals surface area contributed by atoms with E-state index in [0.717, 1.165) is 18.9 Å². The normalized spacial score (nSPS) is 10.5. The Balaban J connectivity index is 2.84. The molecule has 0 heterocycles. The number of carboxylic acid groups (broad SMARTS) is 1. The van der Waals surface area contributed by atoms with Gasteiger partial charge in [-0.3, -0.25) is 0 Å². The molecule has 1 aromatic carbocycles. The monoisotopic (exact) mass is 226 g/mol. The van der Waals surface area contributed by atoms with Crippen LogP contribution in [0.4, 0.5) is 4.39 Å². The maximum absolute atomic E-state index is 13.3. The molecule has 88 valence electrons. The van der Waals surface area contributed by atoms with Gasteiger partial charge in [0.15, 0.2) is 0 Å². The average molecular weight is 226 g/mol. The third-order valence-corrected chi connectivity index (χ3v) is 2.38. The highest BCUT2D eigenvalue weighted by Gasteiger charge is 2.12. The van der Waals surface area contributed by atoms with Gasteiger partial charge in [0.1, 0.15) is 11.6 Å². The van der Waals surface area contributed by atoms with Gasteiger partial charge < -0.3 is 9.84 Å². The Hall–Kier alpha value is -1.58. The van der Waals surface area contributed by atoms with Crippen molar-refractivity contribution in [3.05, 3.63) is 29.6 Å². The molecule has 0 aliphatic rings. The molecule has 0 spiro atoms. The number of carboxylic acids is 1. The minimum absolute atomic E-state index is 0.0371. The molecule has 0 amide bonds. The molecule has 0 fully saturated rings. The van der Waals surface area contributed by atoms with Gasteiger partial charge in [0.05, 0.1) is 11.7 Å². The van der Waals surface area contributed by atoms with E-state index in [1.54, 1.807) is 0 Å². The zero-order valence-electron chi connectivity index (χ0n) is 9.37. The smallest absolute Gasteiger partial charge is 0.338 e. The molecule has 0 aromatic heterocycles. The van der Waals surface area contributed by atoms with Crippen molar-refractivity contribution in [2.75, 3.05) is 0 Å². The van der Waals surface area contributed by atoms with Gasteiger partial charge >= 0.3 is 5.97 Å². The van der Waals surface area contributed by atoms with Crippen LogP contribution >= 0.6 is 0 Å². The molecular weight excluding hydrogens is 211 g/mol. The van der Waals surface area contributed by atoms with Crippen LogP contribution in [0.15, 0.2) is 18.2 Å². The Kier molecular flexibility index (Phi) is 4.28. The number of hydrogen-bond donors (Lipinski definition) is 1. The number of rotatable bonds is 5. The first-order valence-corrected chi connectivity index (χ1v) is 5.28. The van der Waals surface area contributed by atoms with E-state index >= 15 is 0 Å². The van der Waals surface area contributed by atoms with Gasteiger partial charge in [-0.1, -0.05) is 13.8 Å². The van der Waals surface area contributed by atoms with E-state index in [9.17, 15) is 9.18 Å². The number of carbonyl (C=O) groups is 1. The van der Waals surface area contributed by atoms with Gasteiger partial charge in [0, 0.05) is 6.07 Å². The van der Waals surface area contributed by atoms with E-state index in [0.29, 0.717) is 5.75 Å². The molecule has 4 heteroatoms. The molecule has 0 saturated heterocycles. The van der Waals surface area contributed by atoms with Crippen LogP contribution in [0, 0.1) is 5.82 Å². The molecule has 0 unspecified atom stereocenters. The van der Waals surface area contributed by atoms with Crippen LogP contribution in [0.2, 0.25) is 0 Å². The third kappa shape index (κ3) is 2.95. The molecule has 1 rings (SSSR count). The SMILES string of the molecule is CCC(CC)Oc1ccc(C(=O)O)c(F)c1. The van der Waals surface area contributed by atoms with Gasteiger partial charge in [-0.2, -0.15) is 0 Å². The minimum atomic E-state index is -1.27. The number of aromatic carboxylic acids is 1. The maximum atomic E-state index is 13.3. The van der Waals surface area contributed by atoms with Crippen LogP contribution in [0.25, 0.3) is 0 Å². The lowest BCUT2D eigenvalue weighted by Gasteiger charge is -2.15. The highest BCUT2D eigenvalue weighted by atomic mass is 19.1. The van der Waals surface area contributed by atoms with E-state index in [1.807, 2.05) is 13.8 Å². The first kappa shape index (κ1) is 12.5. The van der Waals surface area contributed by atoms with Gasteiger partial charge in [0.2, 0.25) is 0 Å². The minimum Gasteiger partial charge on any atom is -0.490 e. The average Bonchev–Trinajstić information content (AvgIpc) is 2.25. The van der Waals surface area contributed by atoms with Crippen LogP contribution in [-0.4, -0.2) is 17.2 Å². The van der Waals surface area contributed by atoms with E-state index in [4.69, 9.17) is 9.84 Å². The predicted molar refractivity (Wildman–Crippen MR) is 58.4 cm³/mol. The summed E-state index contributed by atoms with van der Waals surface area (Å²) >= 11 is 0. The van der Waals surface area contributed by atoms with Gasteiger partial charge in [0.25, 0.3) is 0 Å². The molecule has 1 N–H and O–H groups in total. The molecule has 0 atom stereocenters. The molecule has 0 bridgehead atoms. The van der Waals surface area contributed by atoms with Gasteiger partial charge in [-0.15, -0.1) is 0 Å². The van der Waals surface area contributed by atoms with E-state index < -0.39 is 11.8 Å². The van der Waals surface area contributed by atoms with Crippen molar-refractivity contribution in [1.82, 2.24) is 0 Å². The highest BCUT2D eigenvalue weighted by Crippen LogP contribution is 2.19. The van der Waals surface area contributed by atoms with Crippen molar-refractivity contribution in [2.45, 2.75) is 32.8 Å². The van der Waals surface area contributed by atoms with Crippen LogP contribution < -0.4 is 4.74 Å². The van der Waals surface area contributed by atoms with Crippen molar-refractivity contribution in [3.8, 4) is 5.75 Å². The summed E-state index contributed by atoms with van der Waals surface area (Å²) in [6.07, 6.45) is 1.70. The van der Waals surface area contributed by atoms with Crippen LogP contribution in [0.1, 0.15) is 37.0 Å². The predicted octanol–water partition coefficient (Wildman–Crippen LogP) is 3.09.